The van der Waals surface area contributed by atoms with Crippen molar-refractivity contribution in [1.82, 2.24) is 5.06 Å². The van der Waals surface area contributed by atoms with E-state index in [1.54, 1.807) is 12.1 Å². The van der Waals surface area contributed by atoms with Crippen LogP contribution in [0.4, 0.5) is 4.39 Å². The van der Waals surface area contributed by atoms with Crippen molar-refractivity contribution in [1.29, 1.82) is 0 Å². The average Bonchev–Trinajstić information content (AvgIpc) is 2.39. The zero-order chi connectivity index (χ0) is 16.4. The number of amides is 1. The minimum absolute atomic E-state index is 0.0523. The third-order valence-corrected chi connectivity index (χ3v) is 5.07. The molecule has 0 bridgehead atoms. The first-order valence-electron chi connectivity index (χ1n) is 7.25. The summed E-state index contributed by atoms with van der Waals surface area (Å²) in [7, 11) is 8.19. The number of carbonyl (C=O) groups excluding carboxylic acids is 1. The third-order valence-electron chi connectivity index (χ3n) is 5.07. The van der Waals surface area contributed by atoms with Gasteiger partial charge in [0.15, 0.2) is 0 Å². The van der Waals surface area contributed by atoms with Crippen molar-refractivity contribution < 1.29 is 14.4 Å². The summed E-state index contributed by atoms with van der Waals surface area (Å²) in [5.74, 6) is -0.665. The number of nitrogens with zero attached hydrogens (tertiary/aromatic N) is 1. The lowest BCUT2D eigenvalue weighted by molar-refractivity contribution is -0.179. The fraction of sp³-hybridized carbons (Fsp3) is 0.462. The Morgan fingerprint density at radius 3 is 2.19 bits per heavy atom. The van der Waals surface area contributed by atoms with E-state index >= 15 is 0 Å². The molecule has 0 saturated heterocycles. The molecular formula is C13H22B4FNO2. The molecule has 0 aliphatic rings. The van der Waals surface area contributed by atoms with Crippen molar-refractivity contribution in [2.45, 2.75) is 31.3 Å². The number of hydrogen-bond acceptors (Lipinski definition) is 2. The normalized spacial score (nSPS) is 12.4. The highest BCUT2D eigenvalue weighted by Gasteiger charge is 2.46. The van der Waals surface area contributed by atoms with Crippen LogP contribution >= 0.6 is 0 Å². The highest BCUT2D eigenvalue weighted by atomic mass is 19.1. The molecule has 8 heteroatoms. The van der Waals surface area contributed by atoms with Crippen LogP contribution in [0.3, 0.4) is 0 Å². The van der Waals surface area contributed by atoms with Crippen LogP contribution in [0.15, 0.2) is 24.3 Å². The summed E-state index contributed by atoms with van der Waals surface area (Å²) in [5, 5.41) is 10.6. The average molecular weight is 287 g/mol. The number of hydrogen-bond donors (Lipinski definition) is 1. The summed E-state index contributed by atoms with van der Waals surface area (Å²) in [6.45, 7) is 3.75. The van der Waals surface area contributed by atoms with E-state index in [9.17, 15) is 14.4 Å². The molecule has 0 aliphatic carbocycles. The fourth-order valence-electron chi connectivity index (χ4n) is 2.15. The molecule has 1 aromatic carbocycles. The monoisotopic (exact) mass is 287 g/mol. The van der Waals surface area contributed by atoms with Crippen LogP contribution in [0.5, 0.6) is 0 Å². The molecule has 0 saturated carbocycles. The number of benzene rings is 1. The number of halogens is 1. The summed E-state index contributed by atoms with van der Waals surface area (Å²) < 4.78 is 12.9. The highest BCUT2D eigenvalue weighted by Crippen LogP contribution is 2.47. The lowest BCUT2D eigenvalue weighted by Crippen LogP contribution is -2.48. The van der Waals surface area contributed by atoms with Gasteiger partial charge in [-0.25, -0.2) is 9.45 Å². The second-order valence-electron chi connectivity index (χ2n) is 6.99. The molecule has 1 amide bonds. The summed E-state index contributed by atoms with van der Waals surface area (Å²) in [4.78, 5) is 12.6. The van der Waals surface area contributed by atoms with Gasteiger partial charge in [-0.1, -0.05) is 31.2 Å². The Balaban J connectivity index is 2.89. The Morgan fingerprint density at radius 1 is 1.29 bits per heavy atom. The zero-order valence-electron chi connectivity index (χ0n) is 13.8. The Bertz CT molecular complexity index is 505. The SMILES string of the molecule is BC(B)C(B)(B)C(C)(C)C(=O)N(O)Cc1ccc(F)cc1. The van der Waals surface area contributed by atoms with Crippen LogP contribution in [-0.2, 0) is 11.3 Å². The molecule has 0 aromatic heterocycles. The maximum atomic E-state index is 12.9. The predicted molar refractivity (Wildman–Crippen MR) is 93.1 cm³/mol. The van der Waals surface area contributed by atoms with Gasteiger partial charge in [-0.3, -0.25) is 10.0 Å². The topological polar surface area (TPSA) is 40.5 Å². The lowest BCUT2D eigenvalue weighted by atomic mass is 9.31. The summed E-state index contributed by atoms with van der Waals surface area (Å²) in [5.41, 5.74) is 0.261. The van der Waals surface area contributed by atoms with Gasteiger partial charge in [-0.05, 0) is 17.7 Å². The van der Waals surface area contributed by atoms with E-state index in [0.717, 1.165) is 5.06 Å². The van der Waals surface area contributed by atoms with Crippen molar-refractivity contribution in [2.24, 2.45) is 5.41 Å². The second kappa shape index (κ2) is 6.30. The van der Waals surface area contributed by atoms with Crippen LogP contribution in [-0.4, -0.2) is 47.6 Å². The summed E-state index contributed by atoms with van der Waals surface area (Å²) in [6, 6.07) is 5.76. The molecule has 3 nitrogen and oxygen atoms in total. The van der Waals surface area contributed by atoms with E-state index in [1.807, 2.05) is 29.5 Å². The molecule has 1 N–H and O–H groups in total. The number of hydroxylamine groups is 2. The largest absolute Gasteiger partial charge is 0.286 e. The molecule has 0 atom stereocenters. The first-order valence-corrected chi connectivity index (χ1v) is 7.25. The third kappa shape index (κ3) is 3.73. The predicted octanol–water partition coefficient (Wildman–Crippen LogP) is -1.04. The van der Waals surface area contributed by atoms with Crippen LogP contribution in [0.2, 0.25) is 10.9 Å². The van der Waals surface area contributed by atoms with E-state index < -0.39 is 5.41 Å². The van der Waals surface area contributed by atoms with Crippen molar-refractivity contribution in [3.8, 4) is 0 Å². The maximum Gasteiger partial charge on any atom is 0.250 e. The Hall–Kier alpha value is -1.16. The molecule has 1 aromatic rings. The Kier molecular flexibility index (Phi) is 5.37. The standard InChI is InChI=1S/C13H22B4FNO2/c1-12(2,13(16,17)10(14)15)11(20)19(21)7-8-3-5-9(18)6-4-8/h3-6,10,21H,7,14-17H2,1-2H3. The van der Waals surface area contributed by atoms with Crippen molar-refractivity contribution in [3.63, 3.8) is 0 Å². The van der Waals surface area contributed by atoms with Gasteiger partial charge in [-0.15, -0.1) is 5.72 Å². The quantitative estimate of drug-likeness (QED) is 0.427. The second-order valence-corrected chi connectivity index (χ2v) is 6.99. The molecule has 1 rings (SSSR count). The molecule has 0 fully saturated rings. The first-order chi connectivity index (χ1) is 9.50. The first kappa shape index (κ1) is 17.9. The Morgan fingerprint density at radius 2 is 1.76 bits per heavy atom. The smallest absolute Gasteiger partial charge is 0.250 e. The minimum atomic E-state index is -0.712. The van der Waals surface area contributed by atoms with Crippen molar-refractivity contribution >= 4 is 37.3 Å². The van der Waals surface area contributed by atoms with Gasteiger partial charge in [0.25, 0.3) is 5.91 Å². The van der Waals surface area contributed by atoms with Gasteiger partial charge < -0.3 is 0 Å². The molecule has 0 spiro atoms. The lowest BCUT2D eigenvalue weighted by Gasteiger charge is -2.45. The molecule has 110 valence electrons. The van der Waals surface area contributed by atoms with E-state index in [2.05, 4.69) is 15.7 Å². The van der Waals surface area contributed by atoms with Gasteiger partial charge in [0, 0.05) is 5.41 Å². The summed E-state index contributed by atoms with van der Waals surface area (Å²) in [6.07, 6.45) is 0. The molecular weight excluding hydrogens is 264 g/mol. The van der Waals surface area contributed by atoms with Crippen LogP contribution in [0, 0.1) is 11.2 Å². The summed E-state index contributed by atoms with van der Waals surface area (Å²) >= 11 is 0. The van der Waals surface area contributed by atoms with Gasteiger partial charge >= 0.3 is 0 Å². The minimum Gasteiger partial charge on any atom is -0.286 e. The molecule has 0 aliphatic heterocycles. The van der Waals surface area contributed by atoms with Crippen LogP contribution in [0.25, 0.3) is 0 Å². The van der Waals surface area contributed by atoms with Crippen LogP contribution < -0.4 is 0 Å². The van der Waals surface area contributed by atoms with E-state index in [4.69, 9.17) is 0 Å². The number of rotatable bonds is 5. The van der Waals surface area contributed by atoms with E-state index in [0.29, 0.717) is 5.56 Å². The Labute approximate surface area is 129 Å². The van der Waals surface area contributed by atoms with E-state index in [-0.39, 0.29) is 29.2 Å². The zero-order valence-corrected chi connectivity index (χ0v) is 13.8. The van der Waals surface area contributed by atoms with Crippen LogP contribution in [0.1, 0.15) is 19.4 Å². The highest BCUT2D eigenvalue weighted by molar-refractivity contribution is 6.52. The van der Waals surface area contributed by atoms with Crippen molar-refractivity contribution in [2.75, 3.05) is 0 Å². The van der Waals surface area contributed by atoms with E-state index in [1.165, 1.54) is 12.1 Å². The van der Waals surface area contributed by atoms with Gasteiger partial charge in [0.2, 0.25) is 0 Å². The molecule has 0 heterocycles. The number of carbonyl (C=O) groups is 1. The van der Waals surface area contributed by atoms with Gasteiger partial charge in [0.05, 0.1) is 37.9 Å². The molecule has 0 radical (unpaired) electrons. The van der Waals surface area contributed by atoms with Gasteiger partial charge in [-0.2, -0.15) is 0 Å². The van der Waals surface area contributed by atoms with Crippen molar-refractivity contribution in [3.05, 3.63) is 35.6 Å². The maximum absolute atomic E-state index is 12.9. The fourth-order valence-corrected chi connectivity index (χ4v) is 2.15. The van der Waals surface area contributed by atoms with Gasteiger partial charge in [0.1, 0.15) is 5.82 Å². The molecule has 0 unspecified atom stereocenters. The molecule has 21 heavy (non-hydrogen) atoms.